The molecule has 2 aromatic rings. The van der Waals surface area contributed by atoms with Crippen molar-refractivity contribution < 1.29 is 4.79 Å². The summed E-state index contributed by atoms with van der Waals surface area (Å²) in [5, 5.41) is 5.30. The molecule has 0 radical (unpaired) electrons. The van der Waals surface area contributed by atoms with Gasteiger partial charge in [-0.15, -0.1) is 0 Å². The molecule has 6 heteroatoms. The Morgan fingerprint density at radius 1 is 1.25 bits per heavy atom. The molecule has 0 spiro atoms. The number of likely N-dealkylation sites (tertiary alicyclic amines) is 1. The van der Waals surface area contributed by atoms with Crippen molar-refractivity contribution in [1.82, 2.24) is 14.7 Å². The molecule has 1 aliphatic heterocycles. The molecule has 0 aliphatic carbocycles. The average molecular weight is 347 g/mol. The Morgan fingerprint density at radius 3 is 2.54 bits per heavy atom. The second kappa shape index (κ2) is 7.36. The highest BCUT2D eigenvalue weighted by atomic mass is 35.5. The molecule has 2 heterocycles. The highest BCUT2D eigenvalue weighted by Crippen LogP contribution is 2.25. The zero-order chi connectivity index (χ0) is 17.1. The van der Waals surface area contributed by atoms with Gasteiger partial charge in [-0.05, 0) is 38.4 Å². The number of benzene rings is 1. The number of amides is 1. The lowest BCUT2D eigenvalue weighted by atomic mass is 9.96. The second-order valence-corrected chi connectivity index (χ2v) is 6.81. The molecule has 2 N–H and O–H groups in total. The Kier molecular flexibility index (Phi) is 5.21. The summed E-state index contributed by atoms with van der Waals surface area (Å²) in [6.07, 6.45) is 1.65. The van der Waals surface area contributed by atoms with Gasteiger partial charge in [-0.25, -0.2) is 4.68 Å². The highest BCUT2D eigenvalue weighted by molar-refractivity contribution is 6.30. The molecule has 24 heavy (non-hydrogen) atoms. The van der Waals surface area contributed by atoms with Crippen LogP contribution >= 0.6 is 11.6 Å². The predicted molar refractivity (Wildman–Crippen MR) is 94.7 cm³/mol. The first-order valence-corrected chi connectivity index (χ1v) is 8.69. The van der Waals surface area contributed by atoms with E-state index in [2.05, 4.69) is 22.1 Å². The number of carbonyl (C=O) groups excluding carboxylic acids is 1. The standard InChI is InChI=1S/C18H23ClN4O/c1-13-16(12-22-9-7-15(8-10-22)18(20)24)17(19)23(21-13)11-14-5-3-2-4-6-14/h2-6,15H,7-12H2,1H3,(H2,20,24). The number of aryl methyl sites for hydroxylation is 1. The van der Waals surface area contributed by atoms with Gasteiger partial charge in [0, 0.05) is 18.0 Å². The number of carbonyl (C=O) groups is 1. The molecule has 1 fully saturated rings. The maximum absolute atomic E-state index is 11.3. The van der Waals surface area contributed by atoms with Gasteiger partial charge in [-0.1, -0.05) is 41.9 Å². The average Bonchev–Trinajstić information content (AvgIpc) is 2.84. The third kappa shape index (κ3) is 3.79. The molecular weight excluding hydrogens is 324 g/mol. The van der Waals surface area contributed by atoms with Crippen molar-refractivity contribution in [3.8, 4) is 0 Å². The first-order chi connectivity index (χ1) is 11.5. The minimum absolute atomic E-state index is 0.0126. The molecule has 3 rings (SSSR count). The predicted octanol–water partition coefficient (Wildman–Crippen LogP) is 2.59. The number of primary amides is 1. The summed E-state index contributed by atoms with van der Waals surface area (Å²) in [6.45, 7) is 5.18. The summed E-state index contributed by atoms with van der Waals surface area (Å²) in [4.78, 5) is 13.6. The van der Waals surface area contributed by atoms with E-state index in [0.717, 1.165) is 43.7 Å². The van der Waals surface area contributed by atoms with Crippen LogP contribution in [0.2, 0.25) is 5.15 Å². The van der Waals surface area contributed by atoms with Crippen molar-refractivity contribution in [2.24, 2.45) is 11.7 Å². The van der Waals surface area contributed by atoms with E-state index in [1.165, 1.54) is 5.56 Å². The maximum atomic E-state index is 11.3. The number of aromatic nitrogens is 2. The molecule has 1 amide bonds. The van der Waals surface area contributed by atoms with E-state index in [0.29, 0.717) is 11.7 Å². The molecule has 5 nitrogen and oxygen atoms in total. The van der Waals surface area contributed by atoms with Gasteiger partial charge in [-0.2, -0.15) is 5.10 Å². The smallest absolute Gasteiger partial charge is 0.220 e. The van der Waals surface area contributed by atoms with E-state index in [1.54, 1.807) is 0 Å². The highest BCUT2D eigenvalue weighted by Gasteiger charge is 2.25. The topological polar surface area (TPSA) is 64.2 Å². The van der Waals surface area contributed by atoms with Crippen LogP contribution in [-0.4, -0.2) is 33.7 Å². The van der Waals surface area contributed by atoms with Crippen LogP contribution in [0.1, 0.15) is 29.7 Å². The van der Waals surface area contributed by atoms with Crippen LogP contribution in [0.15, 0.2) is 30.3 Å². The second-order valence-electron chi connectivity index (χ2n) is 6.45. The summed E-state index contributed by atoms with van der Waals surface area (Å²) in [6, 6.07) is 10.2. The van der Waals surface area contributed by atoms with Crippen molar-refractivity contribution in [2.75, 3.05) is 13.1 Å². The molecule has 128 valence electrons. The van der Waals surface area contributed by atoms with E-state index in [9.17, 15) is 4.79 Å². The van der Waals surface area contributed by atoms with Gasteiger partial charge in [0.05, 0.1) is 12.2 Å². The van der Waals surface area contributed by atoms with E-state index in [-0.39, 0.29) is 11.8 Å². The SMILES string of the molecule is Cc1nn(Cc2ccccc2)c(Cl)c1CN1CCC(C(N)=O)CC1. The largest absolute Gasteiger partial charge is 0.369 e. The van der Waals surface area contributed by atoms with Gasteiger partial charge in [0.25, 0.3) is 0 Å². The van der Waals surface area contributed by atoms with Crippen LogP contribution in [-0.2, 0) is 17.9 Å². The fourth-order valence-electron chi connectivity index (χ4n) is 3.23. The zero-order valence-corrected chi connectivity index (χ0v) is 14.7. The molecule has 1 aliphatic rings. The van der Waals surface area contributed by atoms with Gasteiger partial charge < -0.3 is 5.73 Å². The van der Waals surface area contributed by atoms with Crippen LogP contribution in [0.25, 0.3) is 0 Å². The van der Waals surface area contributed by atoms with Crippen LogP contribution in [0.5, 0.6) is 0 Å². The number of hydrogen-bond donors (Lipinski definition) is 1. The fourth-order valence-corrected chi connectivity index (χ4v) is 3.52. The first kappa shape index (κ1) is 17.0. The van der Waals surface area contributed by atoms with Crippen LogP contribution in [0, 0.1) is 12.8 Å². The summed E-state index contributed by atoms with van der Waals surface area (Å²) in [7, 11) is 0. The van der Waals surface area contributed by atoms with Gasteiger partial charge >= 0.3 is 0 Å². The monoisotopic (exact) mass is 346 g/mol. The zero-order valence-electron chi connectivity index (χ0n) is 13.9. The number of halogens is 1. The summed E-state index contributed by atoms with van der Waals surface area (Å²) in [5.74, 6) is -0.168. The molecule has 0 unspecified atom stereocenters. The summed E-state index contributed by atoms with van der Waals surface area (Å²) in [5.41, 5.74) is 8.61. The molecule has 1 saturated heterocycles. The Hall–Kier alpha value is -1.85. The molecule has 0 saturated carbocycles. The van der Waals surface area contributed by atoms with Gasteiger partial charge in [0.1, 0.15) is 5.15 Å². The minimum Gasteiger partial charge on any atom is -0.369 e. The lowest BCUT2D eigenvalue weighted by molar-refractivity contribution is -0.123. The Bertz CT molecular complexity index is 705. The van der Waals surface area contributed by atoms with Crippen molar-refractivity contribution in [2.45, 2.75) is 32.9 Å². The third-order valence-corrected chi connectivity index (χ3v) is 5.15. The van der Waals surface area contributed by atoms with E-state index < -0.39 is 0 Å². The van der Waals surface area contributed by atoms with E-state index in [1.807, 2.05) is 29.8 Å². The van der Waals surface area contributed by atoms with Gasteiger partial charge in [0.15, 0.2) is 0 Å². The molecule has 1 aromatic carbocycles. The van der Waals surface area contributed by atoms with Gasteiger partial charge in [0.2, 0.25) is 5.91 Å². The fraction of sp³-hybridized carbons (Fsp3) is 0.444. The quantitative estimate of drug-likeness (QED) is 0.905. The number of nitrogens with zero attached hydrogens (tertiary/aromatic N) is 3. The van der Waals surface area contributed by atoms with Crippen LogP contribution < -0.4 is 5.73 Å². The van der Waals surface area contributed by atoms with Crippen molar-refractivity contribution in [3.63, 3.8) is 0 Å². The first-order valence-electron chi connectivity index (χ1n) is 8.32. The van der Waals surface area contributed by atoms with Crippen LogP contribution in [0.4, 0.5) is 0 Å². The molecular formula is C18H23ClN4O. The molecule has 0 atom stereocenters. The van der Waals surface area contributed by atoms with Crippen LogP contribution in [0.3, 0.4) is 0 Å². The number of nitrogens with two attached hydrogens (primary N) is 1. The summed E-state index contributed by atoms with van der Waals surface area (Å²) >= 11 is 6.58. The van der Waals surface area contributed by atoms with Crippen molar-refractivity contribution in [3.05, 3.63) is 52.3 Å². The Morgan fingerprint density at radius 2 is 1.92 bits per heavy atom. The van der Waals surface area contributed by atoms with Gasteiger partial charge in [-0.3, -0.25) is 9.69 Å². The summed E-state index contributed by atoms with van der Waals surface area (Å²) < 4.78 is 1.86. The Balaban J connectivity index is 1.67. The number of hydrogen-bond acceptors (Lipinski definition) is 3. The maximum Gasteiger partial charge on any atom is 0.220 e. The molecule has 0 bridgehead atoms. The number of piperidine rings is 1. The lowest BCUT2D eigenvalue weighted by Crippen LogP contribution is -2.38. The third-order valence-electron chi connectivity index (χ3n) is 4.73. The number of rotatable bonds is 5. The minimum atomic E-state index is -0.181. The van der Waals surface area contributed by atoms with E-state index >= 15 is 0 Å². The molecule has 1 aromatic heterocycles. The van der Waals surface area contributed by atoms with Crippen molar-refractivity contribution in [1.29, 1.82) is 0 Å². The van der Waals surface area contributed by atoms with E-state index in [4.69, 9.17) is 17.3 Å². The Labute approximate surface area is 147 Å². The normalized spacial score (nSPS) is 16.4. The lowest BCUT2D eigenvalue weighted by Gasteiger charge is -2.30. The van der Waals surface area contributed by atoms with Crippen molar-refractivity contribution >= 4 is 17.5 Å².